The summed E-state index contributed by atoms with van der Waals surface area (Å²) in [5, 5.41) is 3.57. The first kappa shape index (κ1) is 13.5. The van der Waals surface area contributed by atoms with Crippen molar-refractivity contribution in [2.75, 3.05) is 13.1 Å². The van der Waals surface area contributed by atoms with Gasteiger partial charge in [0.2, 0.25) is 0 Å². The molecule has 0 amide bonds. The lowest BCUT2D eigenvalue weighted by atomic mass is 10.1. The number of rotatable bonds is 4. The Morgan fingerprint density at radius 3 is 2.89 bits per heavy atom. The van der Waals surface area contributed by atoms with Crippen LogP contribution in [0, 0.1) is 5.82 Å². The molecule has 1 aromatic carbocycles. The van der Waals surface area contributed by atoms with E-state index in [9.17, 15) is 4.39 Å². The molecule has 0 aromatic heterocycles. The molecule has 2 aliphatic rings. The lowest BCUT2D eigenvalue weighted by molar-refractivity contribution is 0.313. The molecule has 0 bridgehead atoms. The third-order valence-corrected chi connectivity index (χ3v) is 4.69. The van der Waals surface area contributed by atoms with Crippen LogP contribution in [0.3, 0.4) is 0 Å². The molecule has 19 heavy (non-hydrogen) atoms. The van der Waals surface area contributed by atoms with Crippen LogP contribution < -0.4 is 5.32 Å². The van der Waals surface area contributed by atoms with Gasteiger partial charge in [-0.1, -0.05) is 15.9 Å². The number of nitrogens with one attached hydrogen (secondary N) is 1. The van der Waals surface area contributed by atoms with Gasteiger partial charge >= 0.3 is 0 Å². The number of benzene rings is 1. The van der Waals surface area contributed by atoms with Gasteiger partial charge in [-0.25, -0.2) is 4.39 Å². The van der Waals surface area contributed by atoms with Crippen molar-refractivity contribution in [3.8, 4) is 0 Å². The zero-order valence-electron chi connectivity index (χ0n) is 11.2. The van der Waals surface area contributed by atoms with Gasteiger partial charge in [-0.2, -0.15) is 0 Å². The Hall–Kier alpha value is -0.450. The van der Waals surface area contributed by atoms with E-state index < -0.39 is 0 Å². The number of nitrogens with zero attached hydrogens (tertiary/aromatic N) is 1. The molecule has 3 rings (SSSR count). The highest BCUT2D eigenvalue weighted by molar-refractivity contribution is 9.10. The molecular weight excluding hydrogens is 307 g/mol. The van der Waals surface area contributed by atoms with E-state index in [0.717, 1.165) is 22.6 Å². The second kappa shape index (κ2) is 5.51. The van der Waals surface area contributed by atoms with E-state index in [1.165, 1.54) is 31.9 Å². The fourth-order valence-corrected chi connectivity index (χ4v) is 3.36. The zero-order chi connectivity index (χ0) is 13.4. The fourth-order valence-electron chi connectivity index (χ4n) is 2.98. The molecule has 1 aliphatic heterocycles. The van der Waals surface area contributed by atoms with Gasteiger partial charge in [0.05, 0.1) is 0 Å². The topological polar surface area (TPSA) is 15.3 Å². The highest BCUT2D eigenvalue weighted by Crippen LogP contribution is 2.30. The van der Waals surface area contributed by atoms with Gasteiger partial charge in [-0.3, -0.25) is 4.90 Å². The number of hydrogen-bond donors (Lipinski definition) is 1. The molecule has 1 N–H and O–H groups in total. The molecule has 1 aromatic rings. The Bertz CT molecular complexity index is 461. The van der Waals surface area contributed by atoms with E-state index in [2.05, 4.69) is 26.1 Å². The summed E-state index contributed by atoms with van der Waals surface area (Å²) in [6, 6.07) is 6.54. The third-order valence-electron chi connectivity index (χ3n) is 4.19. The summed E-state index contributed by atoms with van der Waals surface area (Å²) in [6.07, 6.45) is 3.90. The minimum absolute atomic E-state index is 0.0571. The minimum atomic E-state index is -0.125. The van der Waals surface area contributed by atoms with E-state index in [1.807, 2.05) is 13.0 Å². The maximum Gasteiger partial charge on any atom is 0.128 e. The molecule has 1 saturated heterocycles. The van der Waals surface area contributed by atoms with Crippen LogP contribution in [0.15, 0.2) is 22.7 Å². The van der Waals surface area contributed by atoms with Gasteiger partial charge in [0.1, 0.15) is 5.82 Å². The SMILES string of the molecule is CC(NC1CCN(C2CC2)C1)c1cc(Br)ccc1F. The zero-order valence-corrected chi connectivity index (χ0v) is 12.8. The van der Waals surface area contributed by atoms with Crippen molar-refractivity contribution in [1.82, 2.24) is 10.2 Å². The molecule has 1 saturated carbocycles. The minimum Gasteiger partial charge on any atom is -0.306 e. The summed E-state index contributed by atoms with van der Waals surface area (Å²) >= 11 is 3.41. The molecule has 2 unspecified atom stereocenters. The Labute approximate surface area is 122 Å². The summed E-state index contributed by atoms with van der Waals surface area (Å²) < 4.78 is 14.8. The average molecular weight is 327 g/mol. The molecule has 2 fully saturated rings. The maximum atomic E-state index is 13.8. The first-order chi connectivity index (χ1) is 9.13. The summed E-state index contributed by atoms with van der Waals surface area (Å²) in [6.45, 7) is 4.35. The Balaban J connectivity index is 1.61. The predicted octanol–water partition coefficient (Wildman–Crippen LogP) is 3.48. The van der Waals surface area contributed by atoms with Crippen LogP contribution in [-0.2, 0) is 0 Å². The second-order valence-electron chi connectivity index (χ2n) is 5.77. The summed E-state index contributed by atoms with van der Waals surface area (Å²) in [4.78, 5) is 2.57. The van der Waals surface area contributed by atoms with Crippen LogP contribution in [-0.4, -0.2) is 30.1 Å². The monoisotopic (exact) mass is 326 g/mol. The molecule has 0 spiro atoms. The number of halogens is 2. The van der Waals surface area contributed by atoms with Crippen molar-refractivity contribution in [3.63, 3.8) is 0 Å². The lowest BCUT2D eigenvalue weighted by Crippen LogP contribution is -2.35. The molecule has 1 heterocycles. The van der Waals surface area contributed by atoms with E-state index in [0.29, 0.717) is 6.04 Å². The van der Waals surface area contributed by atoms with E-state index in [-0.39, 0.29) is 11.9 Å². The third kappa shape index (κ3) is 3.18. The Morgan fingerprint density at radius 1 is 1.37 bits per heavy atom. The molecule has 0 radical (unpaired) electrons. The Kier molecular flexibility index (Phi) is 3.92. The van der Waals surface area contributed by atoms with Gasteiger partial charge in [0, 0.05) is 41.3 Å². The number of likely N-dealkylation sites (tertiary alicyclic amines) is 1. The van der Waals surface area contributed by atoms with Crippen LogP contribution >= 0.6 is 15.9 Å². The summed E-state index contributed by atoms with van der Waals surface area (Å²) in [7, 11) is 0. The standard InChI is InChI=1S/C15H20BrFN2/c1-10(14-8-11(16)2-5-15(14)17)18-12-6-7-19(9-12)13-3-4-13/h2,5,8,10,12-13,18H,3-4,6-7,9H2,1H3. The van der Waals surface area contributed by atoms with Crippen molar-refractivity contribution in [3.05, 3.63) is 34.1 Å². The highest BCUT2D eigenvalue weighted by atomic mass is 79.9. The fraction of sp³-hybridized carbons (Fsp3) is 0.600. The largest absolute Gasteiger partial charge is 0.306 e. The van der Waals surface area contributed by atoms with E-state index >= 15 is 0 Å². The first-order valence-electron chi connectivity index (χ1n) is 7.08. The second-order valence-corrected chi connectivity index (χ2v) is 6.68. The normalized spacial score (nSPS) is 25.7. The van der Waals surface area contributed by atoms with Gasteiger partial charge in [-0.15, -0.1) is 0 Å². The summed E-state index contributed by atoms with van der Waals surface area (Å²) in [5.74, 6) is -0.125. The van der Waals surface area contributed by atoms with Crippen LogP contribution in [0.25, 0.3) is 0 Å². The van der Waals surface area contributed by atoms with Crippen LogP contribution in [0.1, 0.15) is 37.8 Å². The van der Waals surface area contributed by atoms with Crippen molar-refractivity contribution < 1.29 is 4.39 Å². The van der Waals surface area contributed by atoms with Crippen LogP contribution in [0.5, 0.6) is 0 Å². The average Bonchev–Trinajstić information content (AvgIpc) is 3.13. The highest BCUT2D eigenvalue weighted by Gasteiger charge is 2.34. The van der Waals surface area contributed by atoms with Gasteiger partial charge < -0.3 is 5.32 Å². The Morgan fingerprint density at radius 2 is 2.16 bits per heavy atom. The van der Waals surface area contributed by atoms with Gasteiger partial charge in [-0.05, 0) is 44.4 Å². The summed E-state index contributed by atoms with van der Waals surface area (Å²) in [5.41, 5.74) is 0.749. The van der Waals surface area contributed by atoms with E-state index in [1.54, 1.807) is 6.07 Å². The molecular formula is C15H20BrFN2. The van der Waals surface area contributed by atoms with Crippen molar-refractivity contribution >= 4 is 15.9 Å². The first-order valence-corrected chi connectivity index (χ1v) is 7.88. The molecule has 4 heteroatoms. The maximum absolute atomic E-state index is 13.8. The molecule has 2 atom stereocenters. The molecule has 104 valence electrons. The van der Waals surface area contributed by atoms with Gasteiger partial charge in [0.15, 0.2) is 0 Å². The lowest BCUT2D eigenvalue weighted by Gasteiger charge is -2.21. The van der Waals surface area contributed by atoms with Crippen molar-refractivity contribution in [2.45, 2.75) is 44.3 Å². The predicted molar refractivity (Wildman–Crippen MR) is 78.7 cm³/mol. The van der Waals surface area contributed by atoms with E-state index in [4.69, 9.17) is 0 Å². The quantitative estimate of drug-likeness (QED) is 0.911. The van der Waals surface area contributed by atoms with Crippen LogP contribution in [0.2, 0.25) is 0 Å². The van der Waals surface area contributed by atoms with Crippen molar-refractivity contribution in [2.24, 2.45) is 0 Å². The smallest absolute Gasteiger partial charge is 0.128 e. The van der Waals surface area contributed by atoms with Crippen LogP contribution in [0.4, 0.5) is 4.39 Å². The molecule has 2 nitrogen and oxygen atoms in total. The number of hydrogen-bond acceptors (Lipinski definition) is 2. The van der Waals surface area contributed by atoms with Crippen molar-refractivity contribution in [1.29, 1.82) is 0 Å². The molecule has 1 aliphatic carbocycles. The van der Waals surface area contributed by atoms with Gasteiger partial charge in [0.25, 0.3) is 0 Å².